The van der Waals surface area contributed by atoms with Crippen LogP contribution in [0.3, 0.4) is 0 Å². The molecule has 3 atom stereocenters. The van der Waals surface area contributed by atoms with E-state index in [-0.39, 0.29) is 0 Å². The lowest BCUT2D eigenvalue weighted by Gasteiger charge is -2.40. The van der Waals surface area contributed by atoms with Gasteiger partial charge in [-0.2, -0.15) is 0 Å². The third-order valence-electron chi connectivity index (χ3n) is 6.19. The third-order valence-corrected chi connectivity index (χ3v) is 6.19. The van der Waals surface area contributed by atoms with Crippen molar-refractivity contribution < 1.29 is 4.74 Å². The van der Waals surface area contributed by atoms with Crippen molar-refractivity contribution in [3.8, 4) is 0 Å². The minimum absolute atomic E-state index is 0.557. The average Bonchev–Trinajstić information content (AvgIpc) is 2.52. The van der Waals surface area contributed by atoms with E-state index in [1.54, 1.807) is 0 Å². The minimum atomic E-state index is 0.557. The van der Waals surface area contributed by atoms with Gasteiger partial charge in [0.15, 0.2) is 0 Å². The number of rotatable bonds is 7. The Balaban J connectivity index is 1.70. The molecule has 1 unspecified atom stereocenters. The fourth-order valence-corrected chi connectivity index (χ4v) is 4.80. The normalized spacial score (nSPS) is 37.6. The maximum atomic E-state index is 6.04. The molecule has 0 saturated heterocycles. The van der Waals surface area contributed by atoms with E-state index in [2.05, 4.69) is 20.8 Å². The van der Waals surface area contributed by atoms with Gasteiger partial charge in [0, 0.05) is 6.61 Å². The first-order valence-corrected chi connectivity index (χ1v) is 9.86. The molecule has 0 aliphatic heterocycles. The van der Waals surface area contributed by atoms with Crippen LogP contribution in [0, 0.1) is 23.7 Å². The first kappa shape index (κ1) is 17.3. The summed E-state index contributed by atoms with van der Waals surface area (Å²) in [5.74, 6) is 3.89. The van der Waals surface area contributed by atoms with Gasteiger partial charge in [0.1, 0.15) is 0 Å². The summed E-state index contributed by atoms with van der Waals surface area (Å²) in [7, 11) is 0. The molecule has 124 valence electrons. The smallest absolute Gasteiger partial charge is 0.0600 e. The van der Waals surface area contributed by atoms with Crippen molar-refractivity contribution in [1.82, 2.24) is 0 Å². The third kappa shape index (κ3) is 5.27. The summed E-state index contributed by atoms with van der Waals surface area (Å²) in [6.07, 6.45) is 16.3. The van der Waals surface area contributed by atoms with Gasteiger partial charge >= 0.3 is 0 Å². The second-order valence-corrected chi connectivity index (χ2v) is 7.88. The van der Waals surface area contributed by atoms with E-state index in [4.69, 9.17) is 4.74 Å². The predicted octanol–water partition coefficient (Wildman–Crippen LogP) is 6.21. The van der Waals surface area contributed by atoms with E-state index in [0.717, 1.165) is 36.7 Å². The average molecular weight is 295 g/mol. The standard InChI is InChI=1S/C20H38O/c1-4-6-7-17-8-10-18(11-9-17)19-12-13-20(16(3)15-19)21-14-5-2/h16-20H,4-15H2,1-3H3/t16-,17?,18?,19?,20-/m1/s1. The number of unbranched alkanes of at least 4 members (excludes halogenated alkanes) is 1. The zero-order valence-corrected chi connectivity index (χ0v) is 14.8. The molecule has 0 aromatic rings. The highest BCUT2D eigenvalue weighted by atomic mass is 16.5. The molecule has 1 heteroatoms. The van der Waals surface area contributed by atoms with Crippen LogP contribution in [0.2, 0.25) is 0 Å². The Bertz CT molecular complexity index is 267. The van der Waals surface area contributed by atoms with E-state index in [1.165, 1.54) is 64.2 Å². The van der Waals surface area contributed by atoms with Crippen LogP contribution < -0.4 is 0 Å². The molecule has 0 bridgehead atoms. The molecular weight excluding hydrogens is 256 g/mol. The van der Waals surface area contributed by atoms with Crippen molar-refractivity contribution in [3.63, 3.8) is 0 Å². The summed E-state index contributed by atoms with van der Waals surface area (Å²) in [6.45, 7) is 7.93. The fourth-order valence-electron chi connectivity index (χ4n) is 4.80. The van der Waals surface area contributed by atoms with Crippen molar-refractivity contribution in [2.24, 2.45) is 23.7 Å². The summed E-state index contributed by atoms with van der Waals surface area (Å²) in [5, 5.41) is 0. The van der Waals surface area contributed by atoms with Gasteiger partial charge in [0.05, 0.1) is 6.10 Å². The highest BCUT2D eigenvalue weighted by molar-refractivity contribution is 4.85. The lowest BCUT2D eigenvalue weighted by molar-refractivity contribution is -0.0274. The van der Waals surface area contributed by atoms with Crippen molar-refractivity contribution in [2.45, 2.75) is 97.5 Å². The lowest BCUT2D eigenvalue weighted by Crippen LogP contribution is -2.34. The number of hydrogen-bond donors (Lipinski definition) is 0. The molecule has 0 radical (unpaired) electrons. The Morgan fingerprint density at radius 3 is 2.19 bits per heavy atom. The summed E-state index contributed by atoms with van der Waals surface area (Å²) in [5.41, 5.74) is 0. The molecule has 0 N–H and O–H groups in total. The topological polar surface area (TPSA) is 9.23 Å². The quantitative estimate of drug-likeness (QED) is 0.542. The summed E-state index contributed by atoms with van der Waals surface area (Å²) >= 11 is 0. The van der Waals surface area contributed by atoms with Crippen molar-refractivity contribution in [3.05, 3.63) is 0 Å². The van der Waals surface area contributed by atoms with Gasteiger partial charge in [-0.15, -0.1) is 0 Å². The van der Waals surface area contributed by atoms with Crippen LogP contribution in [0.15, 0.2) is 0 Å². The Hall–Kier alpha value is -0.0400. The maximum Gasteiger partial charge on any atom is 0.0600 e. The molecule has 0 aromatic heterocycles. The van der Waals surface area contributed by atoms with E-state index in [1.807, 2.05) is 0 Å². The van der Waals surface area contributed by atoms with Gasteiger partial charge < -0.3 is 4.74 Å². The Morgan fingerprint density at radius 1 is 0.857 bits per heavy atom. The molecule has 0 spiro atoms. The molecule has 2 fully saturated rings. The maximum absolute atomic E-state index is 6.04. The second-order valence-electron chi connectivity index (χ2n) is 7.88. The Kier molecular flexibility index (Phi) is 7.57. The minimum Gasteiger partial charge on any atom is -0.378 e. The first-order chi connectivity index (χ1) is 10.2. The Labute approximate surface area is 133 Å². The van der Waals surface area contributed by atoms with Gasteiger partial charge in [-0.25, -0.2) is 0 Å². The molecule has 2 aliphatic rings. The first-order valence-electron chi connectivity index (χ1n) is 9.86. The molecule has 0 amide bonds. The molecule has 2 saturated carbocycles. The van der Waals surface area contributed by atoms with Gasteiger partial charge in [-0.05, 0) is 62.2 Å². The van der Waals surface area contributed by atoms with Crippen LogP contribution >= 0.6 is 0 Å². The zero-order chi connectivity index (χ0) is 15.1. The Morgan fingerprint density at radius 2 is 1.57 bits per heavy atom. The molecule has 2 aliphatic carbocycles. The molecule has 0 heterocycles. The van der Waals surface area contributed by atoms with E-state index in [9.17, 15) is 0 Å². The molecule has 2 rings (SSSR count). The van der Waals surface area contributed by atoms with Gasteiger partial charge in [-0.1, -0.05) is 52.9 Å². The molecule has 1 nitrogen and oxygen atoms in total. The van der Waals surface area contributed by atoms with Crippen LogP contribution in [0.5, 0.6) is 0 Å². The fraction of sp³-hybridized carbons (Fsp3) is 1.00. The zero-order valence-electron chi connectivity index (χ0n) is 14.8. The number of ether oxygens (including phenoxy) is 1. The molecule has 0 aromatic carbocycles. The molecular formula is C20H38O. The second kappa shape index (κ2) is 9.18. The van der Waals surface area contributed by atoms with E-state index >= 15 is 0 Å². The SMILES string of the molecule is CCCCC1CCC(C2CC[C@@H](OCCC)[C@H](C)C2)CC1. The highest BCUT2D eigenvalue weighted by Gasteiger charge is 2.34. The van der Waals surface area contributed by atoms with Crippen LogP contribution in [-0.2, 0) is 4.74 Å². The summed E-state index contributed by atoms with van der Waals surface area (Å²) in [6, 6.07) is 0. The van der Waals surface area contributed by atoms with Crippen LogP contribution in [0.4, 0.5) is 0 Å². The van der Waals surface area contributed by atoms with Crippen LogP contribution in [-0.4, -0.2) is 12.7 Å². The van der Waals surface area contributed by atoms with Crippen LogP contribution in [0.25, 0.3) is 0 Å². The number of hydrogen-bond acceptors (Lipinski definition) is 1. The van der Waals surface area contributed by atoms with E-state index < -0.39 is 0 Å². The van der Waals surface area contributed by atoms with E-state index in [0.29, 0.717) is 6.10 Å². The summed E-state index contributed by atoms with van der Waals surface area (Å²) < 4.78 is 6.04. The van der Waals surface area contributed by atoms with Crippen molar-refractivity contribution in [1.29, 1.82) is 0 Å². The van der Waals surface area contributed by atoms with Gasteiger partial charge in [0.25, 0.3) is 0 Å². The largest absolute Gasteiger partial charge is 0.378 e. The molecule has 21 heavy (non-hydrogen) atoms. The predicted molar refractivity (Wildman–Crippen MR) is 91.5 cm³/mol. The van der Waals surface area contributed by atoms with Gasteiger partial charge in [-0.3, -0.25) is 0 Å². The van der Waals surface area contributed by atoms with Crippen LogP contribution in [0.1, 0.15) is 91.4 Å². The monoisotopic (exact) mass is 294 g/mol. The lowest BCUT2D eigenvalue weighted by atomic mass is 9.68. The highest BCUT2D eigenvalue weighted by Crippen LogP contribution is 2.43. The van der Waals surface area contributed by atoms with Crippen molar-refractivity contribution in [2.75, 3.05) is 6.61 Å². The van der Waals surface area contributed by atoms with Gasteiger partial charge in [0.2, 0.25) is 0 Å². The van der Waals surface area contributed by atoms with Crippen molar-refractivity contribution >= 4 is 0 Å². The summed E-state index contributed by atoms with van der Waals surface area (Å²) in [4.78, 5) is 0.